The van der Waals surface area contributed by atoms with Crippen molar-refractivity contribution < 1.29 is 9.53 Å². The summed E-state index contributed by atoms with van der Waals surface area (Å²) in [4.78, 5) is 12.2. The molecule has 17 heavy (non-hydrogen) atoms. The monoisotopic (exact) mass is 240 g/mol. The molecule has 0 aromatic heterocycles. The largest absolute Gasteiger partial charge is 0.381 e. The Bertz CT molecular complexity index is 269. The van der Waals surface area contributed by atoms with Crippen LogP contribution in [0.5, 0.6) is 0 Å². The third-order valence-electron chi connectivity index (χ3n) is 4.30. The fourth-order valence-electron chi connectivity index (χ4n) is 2.89. The van der Waals surface area contributed by atoms with Crippen molar-refractivity contribution in [3.8, 4) is 0 Å². The van der Waals surface area contributed by atoms with E-state index in [1.807, 2.05) is 0 Å². The summed E-state index contributed by atoms with van der Waals surface area (Å²) in [5, 5.41) is 3.11. The van der Waals surface area contributed by atoms with Gasteiger partial charge in [-0.1, -0.05) is 12.8 Å². The Morgan fingerprint density at radius 2 is 1.94 bits per heavy atom. The molecule has 0 spiro atoms. The highest BCUT2D eigenvalue weighted by molar-refractivity contribution is 5.86. The first-order valence-electron chi connectivity index (χ1n) is 6.79. The summed E-state index contributed by atoms with van der Waals surface area (Å²) in [5.41, 5.74) is 5.45. The Morgan fingerprint density at radius 3 is 2.53 bits per heavy atom. The van der Waals surface area contributed by atoms with Crippen LogP contribution >= 0.6 is 0 Å². The van der Waals surface area contributed by atoms with Crippen molar-refractivity contribution in [1.82, 2.24) is 5.32 Å². The van der Waals surface area contributed by atoms with Crippen molar-refractivity contribution in [2.24, 2.45) is 11.7 Å². The summed E-state index contributed by atoms with van der Waals surface area (Å²) in [6, 6.07) is 0.258. The second-order valence-electron chi connectivity index (χ2n) is 5.58. The average Bonchev–Trinajstić information content (AvgIpc) is 2.83. The SMILES string of the molecule is C[C@@H](NC(=O)C1(N)CCOCC1)C1CCCC1. The number of hydrogen-bond donors (Lipinski definition) is 2. The van der Waals surface area contributed by atoms with Crippen LogP contribution in [0.2, 0.25) is 0 Å². The summed E-state index contributed by atoms with van der Waals surface area (Å²) < 4.78 is 5.26. The van der Waals surface area contributed by atoms with Crippen LogP contribution in [-0.4, -0.2) is 30.7 Å². The molecule has 3 N–H and O–H groups in total. The maximum absolute atomic E-state index is 12.2. The molecule has 1 saturated carbocycles. The van der Waals surface area contributed by atoms with Gasteiger partial charge in [-0.25, -0.2) is 0 Å². The lowest BCUT2D eigenvalue weighted by molar-refractivity contribution is -0.130. The van der Waals surface area contributed by atoms with Crippen LogP contribution in [-0.2, 0) is 9.53 Å². The lowest BCUT2D eigenvalue weighted by atomic mass is 9.89. The molecule has 4 heteroatoms. The van der Waals surface area contributed by atoms with Gasteiger partial charge in [-0.05, 0) is 38.5 Å². The van der Waals surface area contributed by atoms with E-state index in [9.17, 15) is 4.79 Å². The van der Waals surface area contributed by atoms with E-state index >= 15 is 0 Å². The summed E-state index contributed by atoms with van der Waals surface area (Å²) in [6.07, 6.45) is 6.34. The molecular formula is C13H24N2O2. The Morgan fingerprint density at radius 1 is 1.35 bits per heavy atom. The van der Waals surface area contributed by atoms with Gasteiger partial charge in [0.1, 0.15) is 0 Å². The predicted octanol–water partition coefficient (Wildman–Crippen LogP) is 1.19. The molecule has 98 valence electrons. The number of carbonyl (C=O) groups is 1. The third-order valence-corrected chi connectivity index (χ3v) is 4.30. The maximum atomic E-state index is 12.2. The van der Waals surface area contributed by atoms with E-state index < -0.39 is 5.54 Å². The number of amides is 1. The van der Waals surface area contributed by atoms with E-state index in [0.29, 0.717) is 32.0 Å². The molecule has 4 nitrogen and oxygen atoms in total. The fourth-order valence-corrected chi connectivity index (χ4v) is 2.89. The molecule has 0 aromatic carbocycles. The molecule has 2 rings (SSSR count). The first-order valence-corrected chi connectivity index (χ1v) is 6.79. The molecule has 1 aliphatic carbocycles. The van der Waals surface area contributed by atoms with Crippen LogP contribution in [0.3, 0.4) is 0 Å². The smallest absolute Gasteiger partial charge is 0.240 e. The van der Waals surface area contributed by atoms with E-state index in [-0.39, 0.29) is 11.9 Å². The normalized spacial score (nSPS) is 26.7. The van der Waals surface area contributed by atoms with E-state index in [1.165, 1.54) is 25.7 Å². The summed E-state index contributed by atoms with van der Waals surface area (Å²) >= 11 is 0. The van der Waals surface area contributed by atoms with Crippen LogP contribution < -0.4 is 11.1 Å². The molecule has 1 aliphatic heterocycles. The minimum Gasteiger partial charge on any atom is -0.381 e. The minimum atomic E-state index is -0.703. The standard InChI is InChI=1S/C13H24N2O2/c1-10(11-4-2-3-5-11)15-12(16)13(14)6-8-17-9-7-13/h10-11H,2-9,14H2,1H3,(H,15,16)/t10-/m1/s1. The molecule has 0 unspecified atom stereocenters. The average molecular weight is 240 g/mol. The Balaban J connectivity index is 1.86. The quantitative estimate of drug-likeness (QED) is 0.779. The molecule has 0 radical (unpaired) electrons. The van der Waals surface area contributed by atoms with Crippen LogP contribution in [0.15, 0.2) is 0 Å². The van der Waals surface area contributed by atoms with Crippen LogP contribution in [0, 0.1) is 5.92 Å². The molecule has 1 amide bonds. The molecule has 1 saturated heterocycles. The van der Waals surface area contributed by atoms with Gasteiger partial charge in [0.05, 0.1) is 5.54 Å². The number of hydrogen-bond acceptors (Lipinski definition) is 3. The summed E-state index contributed by atoms with van der Waals surface area (Å²) in [6.45, 7) is 3.31. The Labute approximate surface area is 103 Å². The van der Waals surface area contributed by atoms with Crippen molar-refractivity contribution in [2.45, 2.75) is 57.0 Å². The van der Waals surface area contributed by atoms with Crippen LogP contribution in [0.1, 0.15) is 45.4 Å². The molecule has 0 bridgehead atoms. The highest BCUT2D eigenvalue weighted by Crippen LogP contribution is 2.28. The highest BCUT2D eigenvalue weighted by atomic mass is 16.5. The van der Waals surface area contributed by atoms with Gasteiger partial charge in [0.2, 0.25) is 5.91 Å². The van der Waals surface area contributed by atoms with E-state index in [4.69, 9.17) is 10.5 Å². The first-order chi connectivity index (χ1) is 8.12. The van der Waals surface area contributed by atoms with Gasteiger partial charge < -0.3 is 15.8 Å². The fraction of sp³-hybridized carbons (Fsp3) is 0.923. The van der Waals surface area contributed by atoms with Crippen LogP contribution in [0.25, 0.3) is 0 Å². The second kappa shape index (κ2) is 5.36. The first kappa shape index (κ1) is 12.8. The van der Waals surface area contributed by atoms with Gasteiger partial charge >= 0.3 is 0 Å². The van der Waals surface area contributed by atoms with Gasteiger partial charge in [-0.3, -0.25) is 4.79 Å². The number of ether oxygens (including phenoxy) is 1. The third kappa shape index (κ3) is 2.99. The molecular weight excluding hydrogens is 216 g/mol. The van der Waals surface area contributed by atoms with Crippen molar-refractivity contribution >= 4 is 5.91 Å². The van der Waals surface area contributed by atoms with Gasteiger partial charge in [0.15, 0.2) is 0 Å². The summed E-state index contributed by atoms with van der Waals surface area (Å²) in [7, 11) is 0. The predicted molar refractivity (Wildman–Crippen MR) is 66.5 cm³/mol. The molecule has 1 heterocycles. The van der Waals surface area contributed by atoms with Gasteiger partial charge in [0.25, 0.3) is 0 Å². The molecule has 0 aromatic rings. The van der Waals surface area contributed by atoms with Crippen molar-refractivity contribution in [2.75, 3.05) is 13.2 Å². The Hall–Kier alpha value is -0.610. The van der Waals surface area contributed by atoms with Crippen molar-refractivity contribution in [1.29, 1.82) is 0 Å². The number of nitrogens with two attached hydrogens (primary N) is 1. The summed E-state index contributed by atoms with van der Waals surface area (Å²) in [5.74, 6) is 0.655. The van der Waals surface area contributed by atoms with Gasteiger partial charge in [-0.15, -0.1) is 0 Å². The Kier molecular flexibility index (Phi) is 4.05. The highest BCUT2D eigenvalue weighted by Gasteiger charge is 2.37. The van der Waals surface area contributed by atoms with Gasteiger partial charge in [-0.2, -0.15) is 0 Å². The lowest BCUT2D eigenvalue weighted by Crippen LogP contribution is -2.59. The molecule has 2 aliphatic rings. The number of rotatable bonds is 3. The maximum Gasteiger partial charge on any atom is 0.240 e. The zero-order chi connectivity index (χ0) is 12.3. The molecule has 1 atom stereocenters. The van der Waals surface area contributed by atoms with E-state index in [2.05, 4.69) is 12.2 Å². The lowest BCUT2D eigenvalue weighted by Gasteiger charge is -2.34. The van der Waals surface area contributed by atoms with Gasteiger partial charge in [0, 0.05) is 19.3 Å². The van der Waals surface area contributed by atoms with Crippen molar-refractivity contribution in [3.63, 3.8) is 0 Å². The second-order valence-corrected chi connectivity index (χ2v) is 5.58. The van der Waals surface area contributed by atoms with Crippen LogP contribution in [0.4, 0.5) is 0 Å². The van der Waals surface area contributed by atoms with Crippen molar-refractivity contribution in [3.05, 3.63) is 0 Å². The van der Waals surface area contributed by atoms with E-state index in [1.54, 1.807) is 0 Å². The van der Waals surface area contributed by atoms with E-state index in [0.717, 1.165) is 0 Å². The molecule has 2 fully saturated rings. The topological polar surface area (TPSA) is 64.4 Å². The number of carbonyl (C=O) groups excluding carboxylic acids is 1. The number of nitrogens with one attached hydrogen (secondary N) is 1. The minimum absolute atomic E-state index is 0.0141. The zero-order valence-electron chi connectivity index (χ0n) is 10.7. The zero-order valence-corrected chi connectivity index (χ0v) is 10.7.